The number of aryl methyl sites for hydroxylation is 2. The van der Waals surface area contributed by atoms with E-state index >= 15 is 0 Å². The van der Waals surface area contributed by atoms with E-state index in [0.29, 0.717) is 5.92 Å². The zero-order valence-corrected chi connectivity index (χ0v) is 14.3. The van der Waals surface area contributed by atoms with Crippen molar-refractivity contribution in [1.82, 2.24) is 15.1 Å². The largest absolute Gasteiger partial charge is 0.322 e. The van der Waals surface area contributed by atoms with E-state index in [9.17, 15) is 9.18 Å². The van der Waals surface area contributed by atoms with Crippen LogP contribution in [0.4, 0.5) is 10.1 Å². The van der Waals surface area contributed by atoms with Crippen molar-refractivity contribution >= 4 is 11.6 Å². The zero-order chi connectivity index (χ0) is 17.3. The molecular formula is C18H23FN4O. The van der Waals surface area contributed by atoms with Crippen molar-refractivity contribution in [3.8, 4) is 0 Å². The molecule has 1 aromatic carbocycles. The third kappa shape index (κ3) is 3.64. The van der Waals surface area contributed by atoms with E-state index < -0.39 is 0 Å². The Hall–Kier alpha value is -2.21. The molecule has 1 aliphatic carbocycles. The van der Waals surface area contributed by atoms with Crippen LogP contribution in [0, 0.1) is 25.6 Å². The Morgan fingerprint density at radius 1 is 1.38 bits per heavy atom. The maximum atomic E-state index is 13.2. The minimum atomic E-state index is -0.236. The Morgan fingerprint density at radius 2 is 2.04 bits per heavy atom. The molecule has 0 saturated heterocycles. The number of rotatable bonds is 6. The van der Waals surface area contributed by atoms with Gasteiger partial charge in [-0.2, -0.15) is 5.10 Å². The van der Waals surface area contributed by atoms with Gasteiger partial charge >= 0.3 is 0 Å². The smallest absolute Gasteiger partial charge is 0.238 e. The molecule has 5 nitrogen and oxygen atoms in total. The van der Waals surface area contributed by atoms with Gasteiger partial charge in [-0.05, 0) is 57.4 Å². The second-order valence-corrected chi connectivity index (χ2v) is 6.61. The van der Waals surface area contributed by atoms with Gasteiger partial charge in [0.25, 0.3) is 0 Å². The van der Waals surface area contributed by atoms with Gasteiger partial charge in [0.1, 0.15) is 5.82 Å². The molecule has 0 bridgehead atoms. The summed E-state index contributed by atoms with van der Waals surface area (Å²) in [4.78, 5) is 14.5. The van der Waals surface area contributed by atoms with Crippen LogP contribution >= 0.6 is 0 Å². The summed E-state index contributed by atoms with van der Waals surface area (Å²) in [6, 6.07) is 6.74. The van der Waals surface area contributed by atoms with Crippen molar-refractivity contribution in [2.75, 3.05) is 18.9 Å². The molecule has 3 rings (SSSR count). The number of carbonyl (C=O) groups is 1. The van der Waals surface area contributed by atoms with E-state index in [-0.39, 0.29) is 24.3 Å². The highest BCUT2D eigenvalue weighted by molar-refractivity contribution is 5.93. The van der Waals surface area contributed by atoms with Crippen molar-refractivity contribution in [3.63, 3.8) is 0 Å². The first-order chi connectivity index (χ1) is 11.5. The highest BCUT2D eigenvalue weighted by Crippen LogP contribution is 2.44. The number of halogens is 1. The summed E-state index contributed by atoms with van der Waals surface area (Å²) in [6.07, 6.45) is 2.29. The summed E-state index contributed by atoms with van der Waals surface area (Å²) in [6.45, 7) is 4.02. The maximum Gasteiger partial charge on any atom is 0.238 e. The molecule has 1 amide bonds. The number of benzene rings is 1. The zero-order valence-electron chi connectivity index (χ0n) is 14.3. The van der Waals surface area contributed by atoms with E-state index in [4.69, 9.17) is 0 Å². The fraction of sp³-hybridized carbons (Fsp3) is 0.444. The second-order valence-electron chi connectivity index (χ2n) is 6.61. The van der Waals surface area contributed by atoms with Crippen LogP contribution in [0.2, 0.25) is 0 Å². The first-order valence-corrected chi connectivity index (χ1v) is 8.23. The fourth-order valence-corrected chi connectivity index (χ4v) is 3.20. The predicted octanol–water partition coefficient (Wildman–Crippen LogP) is 3.19. The molecule has 1 aliphatic rings. The number of anilines is 1. The molecule has 1 heterocycles. The van der Waals surface area contributed by atoms with Crippen LogP contribution in [0.15, 0.2) is 24.3 Å². The normalized spacial score (nSPS) is 15.5. The summed E-state index contributed by atoms with van der Waals surface area (Å²) in [7, 11) is 1.95. The van der Waals surface area contributed by atoms with Gasteiger partial charge in [0, 0.05) is 6.04 Å². The average molecular weight is 330 g/mol. The molecule has 128 valence electrons. The maximum absolute atomic E-state index is 13.2. The number of carbonyl (C=O) groups excluding carboxylic acids is 1. The van der Waals surface area contributed by atoms with E-state index in [1.807, 2.05) is 37.9 Å². The van der Waals surface area contributed by atoms with Crippen LogP contribution in [-0.4, -0.2) is 34.6 Å². The van der Waals surface area contributed by atoms with E-state index in [0.717, 1.165) is 35.5 Å². The van der Waals surface area contributed by atoms with Gasteiger partial charge in [0.05, 0.1) is 23.6 Å². The van der Waals surface area contributed by atoms with Crippen molar-refractivity contribution < 1.29 is 9.18 Å². The van der Waals surface area contributed by atoms with Crippen molar-refractivity contribution in [1.29, 1.82) is 0 Å². The van der Waals surface area contributed by atoms with Crippen LogP contribution in [0.3, 0.4) is 0 Å². The Balaban J connectivity index is 1.68. The number of amides is 1. The van der Waals surface area contributed by atoms with Crippen molar-refractivity contribution in [2.45, 2.75) is 32.7 Å². The Bertz CT molecular complexity index is 702. The molecular weight excluding hydrogens is 307 g/mol. The minimum Gasteiger partial charge on any atom is -0.322 e. The molecule has 24 heavy (non-hydrogen) atoms. The Morgan fingerprint density at radius 3 is 2.58 bits per heavy atom. The van der Waals surface area contributed by atoms with Gasteiger partial charge in [-0.1, -0.05) is 12.1 Å². The molecule has 6 heteroatoms. The molecule has 1 fully saturated rings. The summed E-state index contributed by atoms with van der Waals surface area (Å²) in [5.41, 5.74) is 3.43. The van der Waals surface area contributed by atoms with Gasteiger partial charge in [0.2, 0.25) is 5.91 Å². The highest BCUT2D eigenvalue weighted by atomic mass is 19.1. The van der Waals surface area contributed by atoms with Gasteiger partial charge in [-0.3, -0.25) is 14.8 Å². The first-order valence-electron chi connectivity index (χ1n) is 8.23. The third-order valence-corrected chi connectivity index (χ3v) is 4.54. The second kappa shape index (κ2) is 6.73. The molecule has 0 radical (unpaired) electrons. The monoisotopic (exact) mass is 330 g/mol. The highest BCUT2D eigenvalue weighted by Gasteiger charge is 2.35. The summed E-state index contributed by atoms with van der Waals surface area (Å²) in [5, 5.41) is 9.88. The van der Waals surface area contributed by atoms with Gasteiger partial charge in [-0.15, -0.1) is 0 Å². The lowest BCUT2D eigenvalue weighted by Gasteiger charge is -2.28. The van der Waals surface area contributed by atoms with E-state index in [2.05, 4.69) is 15.5 Å². The number of nitrogens with zero attached hydrogens (tertiary/aromatic N) is 2. The number of hydrogen-bond donors (Lipinski definition) is 2. The van der Waals surface area contributed by atoms with Gasteiger partial charge in [-0.25, -0.2) is 4.39 Å². The molecule has 1 atom stereocenters. The number of nitrogens with one attached hydrogen (secondary N) is 2. The molecule has 1 saturated carbocycles. The van der Waals surface area contributed by atoms with Crippen LogP contribution in [0.25, 0.3) is 0 Å². The molecule has 2 aromatic rings. The lowest BCUT2D eigenvalue weighted by molar-refractivity contribution is -0.117. The van der Waals surface area contributed by atoms with Crippen LogP contribution < -0.4 is 5.32 Å². The third-order valence-electron chi connectivity index (χ3n) is 4.54. The molecule has 1 aromatic heterocycles. The molecule has 0 spiro atoms. The van der Waals surface area contributed by atoms with Gasteiger partial charge in [0.15, 0.2) is 0 Å². The summed E-state index contributed by atoms with van der Waals surface area (Å²) in [5.74, 6) is 0.225. The number of H-pyrrole nitrogens is 1. The lowest BCUT2D eigenvalue weighted by atomic mass is 10.0. The Labute approximate surface area is 141 Å². The molecule has 2 N–H and O–H groups in total. The SMILES string of the molecule is Cc1n[nH]c(C)c1NC(=O)CN(C)C(c1ccc(F)cc1)C1CC1. The number of likely N-dealkylation sites (N-methyl/N-ethyl adjacent to an activating group) is 1. The topological polar surface area (TPSA) is 61.0 Å². The number of aromatic nitrogens is 2. The van der Waals surface area contributed by atoms with Crippen molar-refractivity contribution in [2.24, 2.45) is 5.92 Å². The van der Waals surface area contributed by atoms with Gasteiger partial charge < -0.3 is 5.32 Å². The lowest BCUT2D eigenvalue weighted by Crippen LogP contribution is -2.34. The minimum absolute atomic E-state index is 0.0714. The average Bonchev–Trinajstić information content (AvgIpc) is 3.32. The molecule has 1 unspecified atom stereocenters. The van der Waals surface area contributed by atoms with Crippen LogP contribution in [0.5, 0.6) is 0 Å². The first kappa shape index (κ1) is 16.6. The van der Waals surface area contributed by atoms with Crippen LogP contribution in [0.1, 0.15) is 35.8 Å². The van der Waals surface area contributed by atoms with Crippen LogP contribution in [-0.2, 0) is 4.79 Å². The van der Waals surface area contributed by atoms with E-state index in [1.54, 1.807) is 0 Å². The van der Waals surface area contributed by atoms with E-state index in [1.165, 1.54) is 12.1 Å². The quantitative estimate of drug-likeness (QED) is 0.855. The Kier molecular flexibility index (Phi) is 4.66. The predicted molar refractivity (Wildman–Crippen MR) is 91.2 cm³/mol. The summed E-state index contributed by atoms with van der Waals surface area (Å²) >= 11 is 0. The molecule has 0 aliphatic heterocycles. The number of aromatic amines is 1. The summed E-state index contributed by atoms with van der Waals surface area (Å²) < 4.78 is 13.2. The number of hydrogen-bond acceptors (Lipinski definition) is 3. The fourth-order valence-electron chi connectivity index (χ4n) is 3.20. The standard InChI is InChI=1S/C18H23FN4O/c1-11-17(12(2)22-21-11)20-16(24)10-23(3)18(13-4-5-13)14-6-8-15(19)9-7-14/h6-9,13,18H,4-5,10H2,1-3H3,(H,20,24)(H,21,22). The van der Waals surface area contributed by atoms with Crippen molar-refractivity contribution in [3.05, 3.63) is 47.0 Å².